The van der Waals surface area contributed by atoms with Crippen LogP contribution in [0.2, 0.25) is 0 Å². The van der Waals surface area contributed by atoms with Crippen LogP contribution in [0.25, 0.3) is 0 Å². The molecule has 0 aromatic carbocycles. The molecule has 0 aliphatic carbocycles. The first-order valence-electron chi connectivity index (χ1n) is 9.35. The minimum absolute atomic E-state index is 0.148. The molecule has 1 unspecified atom stereocenters. The Morgan fingerprint density at radius 1 is 1.25 bits per heavy atom. The summed E-state index contributed by atoms with van der Waals surface area (Å²) in [4.78, 5) is 13.9. The summed E-state index contributed by atoms with van der Waals surface area (Å²) in [6, 6.07) is 2.42. The first-order valence-corrected chi connectivity index (χ1v) is 9.35. The van der Waals surface area contributed by atoms with Crippen LogP contribution in [-0.2, 0) is 4.74 Å². The van der Waals surface area contributed by atoms with Crippen molar-refractivity contribution >= 4 is 5.82 Å². The van der Waals surface area contributed by atoms with Crippen molar-refractivity contribution in [1.82, 2.24) is 14.9 Å². The molecule has 0 radical (unpaired) electrons. The molecule has 3 rings (SSSR count). The van der Waals surface area contributed by atoms with Crippen molar-refractivity contribution in [2.75, 3.05) is 44.8 Å². The van der Waals surface area contributed by atoms with Gasteiger partial charge in [-0.05, 0) is 38.8 Å². The van der Waals surface area contributed by atoms with Gasteiger partial charge >= 0.3 is 0 Å². The predicted molar refractivity (Wildman–Crippen MR) is 96.1 cm³/mol. The minimum atomic E-state index is -0.148. The molecule has 134 valence electrons. The molecule has 6 nitrogen and oxygen atoms in total. The van der Waals surface area contributed by atoms with E-state index in [0.717, 1.165) is 57.3 Å². The Bertz CT molecular complexity index is 498. The fraction of sp³-hybridized carbons (Fsp3) is 0.778. The summed E-state index contributed by atoms with van der Waals surface area (Å²) in [5.74, 6) is 1.79. The Labute approximate surface area is 145 Å². The average molecular weight is 333 g/mol. The van der Waals surface area contributed by atoms with Gasteiger partial charge in [-0.25, -0.2) is 9.97 Å². The largest absolute Gasteiger partial charge is 0.381 e. The lowest BCUT2D eigenvalue weighted by Crippen LogP contribution is -2.41. The Morgan fingerprint density at radius 3 is 2.67 bits per heavy atom. The zero-order valence-electron chi connectivity index (χ0n) is 14.9. The van der Waals surface area contributed by atoms with Crippen LogP contribution in [-0.4, -0.2) is 60.8 Å². The molecule has 0 bridgehead atoms. The number of anilines is 1. The summed E-state index contributed by atoms with van der Waals surface area (Å²) < 4.78 is 5.44. The summed E-state index contributed by atoms with van der Waals surface area (Å²) >= 11 is 0. The molecule has 0 amide bonds. The van der Waals surface area contributed by atoms with Crippen molar-refractivity contribution in [3.05, 3.63) is 18.1 Å². The highest BCUT2D eigenvalue weighted by Crippen LogP contribution is 2.19. The molecule has 2 N–H and O–H groups in total. The van der Waals surface area contributed by atoms with E-state index in [-0.39, 0.29) is 6.04 Å². The SMILES string of the molecule is CN(CC(N)c1nccc(N2CCCCCC2)n1)C1CCOCC1. The maximum atomic E-state index is 6.42. The maximum absolute atomic E-state index is 6.42. The fourth-order valence-electron chi connectivity index (χ4n) is 3.69. The molecule has 1 aromatic rings. The number of nitrogens with zero attached hydrogens (tertiary/aromatic N) is 4. The van der Waals surface area contributed by atoms with Crippen LogP contribution in [0.3, 0.4) is 0 Å². The van der Waals surface area contributed by atoms with E-state index in [2.05, 4.69) is 21.8 Å². The highest BCUT2D eigenvalue weighted by molar-refractivity contribution is 5.37. The van der Waals surface area contributed by atoms with Crippen LogP contribution < -0.4 is 10.6 Å². The highest BCUT2D eigenvalue weighted by Gasteiger charge is 2.22. The number of aromatic nitrogens is 2. The summed E-state index contributed by atoms with van der Waals surface area (Å²) in [6.07, 6.45) is 9.16. The van der Waals surface area contributed by atoms with E-state index in [1.807, 2.05) is 12.3 Å². The fourth-order valence-corrected chi connectivity index (χ4v) is 3.69. The molecule has 24 heavy (non-hydrogen) atoms. The molecule has 3 heterocycles. The van der Waals surface area contributed by atoms with E-state index < -0.39 is 0 Å². The second-order valence-electron chi connectivity index (χ2n) is 7.06. The maximum Gasteiger partial charge on any atom is 0.148 e. The van der Waals surface area contributed by atoms with Crippen LogP contribution >= 0.6 is 0 Å². The van der Waals surface area contributed by atoms with Gasteiger partial charge < -0.3 is 20.3 Å². The van der Waals surface area contributed by atoms with E-state index >= 15 is 0 Å². The Kier molecular flexibility index (Phi) is 6.40. The van der Waals surface area contributed by atoms with Gasteiger partial charge in [0.1, 0.15) is 11.6 Å². The summed E-state index contributed by atoms with van der Waals surface area (Å²) in [7, 11) is 2.15. The zero-order valence-corrected chi connectivity index (χ0v) is 14.9. The average Bonchev–Trinajstić information content (AvgIpc) is 2.92. The van der Waals surface area contributed by atoms with Crippen molar-refractivity contribution in [1.29, 1.82) is 0 Å². The Balaban J connectivity index is 1.61. The van der Waals surface area contributed by atoms with Crippen molar-refractivity contribution in [3.8, 4) is 0 Å². The van der Waals surface area contributed by atoms with Crippen molar-refractivity contribution < 1.29 is 4.74 Å². The third kappa shape index (κ3) is 4.65. The number of hydrogen-bond donors (Lipinski definition) is 1. The molecular formula is C18H31N5O. The molecule has 2 fully saturated rings. The zero-order chi connectivity index (χ0) is 16.8. The summed E-state index contributed by atoms with van der Waals surface area (Å²) in [6.45, 7) is 4.67. The molecule has 6 heteroatoms. The van der Waals surface area contributed by atoms with Crippen LogP contribution in [0.5, 0.6) is 0 Å². The van der Waals surface area contributed by atoms with Gasteiger partial charge in [-0.15, -0.1) is 0 Å². The quantitative estimate of drug-likeness (QED) is 0.888. The molecular weight excluding hydrogens is 302 g/mol. The van der Waals surface area contributed by atoms with Gasteiger partial charge in [-0.2, -0.15) is 0 Å². The van der Waals surface area contributed by atoms with E-state index in [9.17, 15) is 0 Å². The molecule has 2 aliphatic rings. The van der Waals surface area contributed by atoms with Gasteiger partial charge in [0.05, 0.1) is 6.04 Å². The number of hydrogen-bond acceptors (Lipinski definition) is 6. The number of nitrogens with two attached hydrogens (primary N) is 1. The van der Waals surface area contributed by atoms with Gasteiger partial charge in [0.25, 0.3) is 0 Å². The lowest BCUT2D eigenvalue weighted by Gasteiger charge is -2.32. The monoisotopic (exact) mass is 333 g/mol. The number of likely N-dealkylation sites (N-methyl/N-ethyl adjacent to an activating group) is 1. The Morgan fingerprint density at radius 2 is 1.96 bits per heavy atom. The Hall–Kier alpha value is -1.24. The van der Waals surface area contributed by atoms with Crippen molar-refractivity contribution in [3.63, 3.8) is 0 Å². The molecule has 0 saturated carbocycles. The number of rotatable bonds is 5. The van der Waals surface area contributed by atoms with Crippen LogP contribution in [0, 0.1) is 0 Å². The van der Waals surface area contributed by atoms with Crippen molar-refractivity contribution in [2.45, 2.75) is 50.6 Å². The normalized spacial score (nSPS) is 21.7. The minimum Gasteiger partial charge on any atom is -0.381 e. The third-order valence-corrected chi connectivity index (χ3v) is 5.22. The molecule has 1 aromatic heterocycles. The van der Waals surface area contributed by atoms with E-state index in [1.165, 1.54) is 25.7 Å². The van der Waals surface area contributed by atoms with Crippen LogP contribution in [0.4, 0.5) is 5.82 Å². The van der Waals surface area contributed by atoms with Gasteiger partial charge in [0.2, 0.25) is 0 Å². The van der Waals surface area contributed by atoms with E-state index in [0.29, 0.717) is 6.04 Å². The summed E-state index contributed by atoms with van der Waals surface area (Å²) in [5.41, 5.74) is 6.42. The lowest BCUT2D eigenvalue weighted by atomic mass is 10.1. The second kappa shape index (κ2) is 8.74. The molecule has 0 spiro atoms. The molecule has 2 aliphatic heterocycles. The predicted octanol–water partition coefficient (Wildman–Crippen LogP) is 1.97. The van der Waals surface area contributed by atoms with Gasteiger partial charge in [0.15, 0.2) is 0 Å². The van der Waals surface area contributed by atoms with E-state index in [1.54, 1.807) is 0 Å². The van der Waals surface area contributed by atoms with Crippen LogP contribution in [0.1, 0.15) is 50.4 Å². The molecule has 1 atom stereocenters. The van der Waals surface area contributed by atoms with Gasteiger partial charge in [-0.3, -0.25) is 0 Å². The van der Waals surface area contributed by atoms with Gasteiger partial charge in [-0.1, -0.05) is 12.8 Å². The lowest BCUT2D eigenvalue weighted by molar-refractivity contribution is 0.0411. The standard InChI is InChI=1S/C18H31N5O/c1-22(15-7-12-24-13-8-15)14-16(19)18-20-9-6-17(21-18)23-10-4-2-3-5-11-23/h6,9,15-16H,2-5,7-8,10-14,19H2,1H3. The van der Waals surface area contributed by atoms with Crippen LogP contribution in [0.15, 0.2) is 12.3 Å². The summed E-state index contributed by atoms with van der Waals surface area (Å²) in [5, 5.41) is 0. The molecule has 2 saturated heterocycles. The third-order valence-electron chi connectivity index (χ3n) is 5.22. The second-order valence-corrected chi connectivity index (χ2v) is 7.06. The van der Waals surface area contributed by atoms with Gasteiger partial charge in [0, 0.05) is 45.1 Å². The first-order chi connectivity index (χ1) is 11.7. The first kappa shape index (κ1) is 17.6. The smallest absolute Gasteiger partial charge is 0.148 e. The number of ether oxygens (including phenoxy) is 1. The topological polar surface area (TPSA) is 67.5 Å². The highest BCUT2D eigenvalue weighted by atomic mass is 16.5. The van der Waals surface area contributed by atoms with Crippen molar-refractivity contribution in [2.24, 2.45) is 5.73 Å². The van der Waals surface area contributed by atoms with E-state index in [4.69, 9.17) is 15.5 Å².